The van der Waals surface area contributed by atoms with Gasteiger partial charge in [-0.2, -0.15) is 0 Å². The Labute approximate surface area is 300 Å². The normalized spacial score (nSPS) is 18.6. The van der Waals surface area contributed by atoms with Crippen molar-refractivity contribution in [1.29, 1.82) is 0 Å². The van der Waals surface area contributed by atoms with Crippen molar-refractivity contribution in [1.82, 2.24) is 9.88 Å². The zero-order valence-corrected chi connectivity index (χ0v) is 29.3. The van der Waals surface area contributed by atoms with Crippen molar-refractivity contribution in [2.45, 2.75) is 44.4 Å². The minimum atomic E-state index is -0.754. The number of hydrogen-bond donors (Lipinski definition) is 0. The molecule has 3 saturated heterocycles. The molecule has 4 heterocycles. The highest BCUT2D eigenvalue weighted by Gasteiger charge is 2.37. The topological polar surface area (TPSA) is 90.4 Å². The molecule has 50 heavy (non-hydrogen) atoms. The van der Waals surface area contributed by atoms with E-state index in [0.717, 1.165) is 31.5 Å². The minimum absolute atomic E-state index is 0.0273. The standard InChI is InChI=1S/C38H38Cl2FN3O6/c1-47-33-12-11-27(18-35(33)48-2)34(19-28-29(39)20-42-21-30(28)40)49-37(45)17-24-7-9-25(10-8-24)22-44(32-6-4-3-5-31(32)41)38(46)50-36-23-43-15-13-26(36)14-16-43/h3-12,18,20-21,26,34,36H,13-17,19,22-23H2,1-2H3/t34-,36-/m0/s1. The first-order chi connectivity index (χ1) is 24.2. The van der Waals surface area contributed by atoms with Crippen LogP contribution in [0.5, 0.6) is 11.5 Å². The van der Waals surface area contributed by atoms with Crippen LogP contribution in [0.3, 0.4) is 0 Å². The molecule has 3 aromatic carbocycles. The fraction of sp³-hybridized carbons (Fsp3) is 0.342. The molecule has 1 aromatic heterocycles. The molecule has 9 nitrogen and oxygen atoms in total. The number of amides is 1. The highest BCUT2D eigenvalue weighted by Crippen LogP contribution is 2.36. The zero-order valence-electron chi connectivity index (χ0n) is 27.8. The van der Waals surface area contributed by atoms with Crippen molar-refractivity contribution in [3.05, 3.63) is 117 Å². The highest BCUT2D eigenvalue weighted by atomic mass is 35.5. The predicted octanol–water partition coefficient (Wildman–Crippen LogP) is 7.85. The first-order valence-corrected chi connectivity index (χ1v) is 17.2. The number of para-hydroxylation sites is 1. The maximum Gasteiger partial charge on any atom is 0.415 e. The van der Waals surface area contributed by atoms with Crippen LogP contribution in [0.1, 0.15) is 41.2 Å². The summed E-state index contributed by atoms with van der Waals surface area (Å²) in [7, 11) is 3.07. The molecule has 7 rings (SSSR count). The SMILES string of the molecule is COc1ccc([C@H](Cc2c(Cl)cncc2Cl)OC(=O)Cc2ccc(CN(C(=O)O[C@H]3CN4CCC3CC4)c3ccccc3F)cc2)cc1OC. The monoisotopic (exact) mass is 721 g/mol. The summed E-state index contributed by atoms with van der Waals surface area (Å²) in [4.78, 5) is 34.6. The molecule has 1 amide bonds. The molecule has 262 valence electrons. The first kappa shape index (κ1) is 35.4. The number of benzene rings is 3. The largest absolute Gasteiger partial charge is 0.493 e. The number of methoxy groups -OCH3 is 2. The van der Waals surface area contributed by atoms with E-state index in [9.17, 15) is 14.0 Å². The molecular formula is C38H38Cl2FN3O6. The molecule has 12 heteroatoms. The van der Waals surface area contributed by atoms with Crippen LogP contribution in [0.4, 0.5) is 14.9 Å². The van der Waals surface area contributed by atoms with Crippen LogP contribution in [0.2, 0.25) is 10.0 Å². The van der Waals surface area contributed by atoms with E-state index >= 15 is 0 Å². The molecule has 0 radical (unpaired) electrons. The first-order valence-electron chi connectivity index (χ1n) is 16.4. The molecule has 0 N–H and O–H groups in total. The predicted molar refractivity (Wildman–Crippen MR) is 189 cm³/mol. The van der Waals surface area contributed by atoms with Crippen LogP contribution in [0.25, 0.3) is 0 Å². The Balaban J connectivity index is 1.16. The molecule has 3 aliphatic heterocycles. The summed E-state index contributed by atoms with van der Waals surface area (Å²) in [6.45, 7) is 2.81. The van der Waals surface area contributed by atoms with Gasteiger partial charge in [0.2, 0.25) is 0 Å². The molecule has 2 atom stereocenters. The number of carbonyl (C=O) groups excluding carboxylic acids is 2. The van der Waals surface area contributed by atoms with E-state index in [1.165, 1.54) is 30.5 Å². The van der Waals surface area contributed by atoms with Gasteiger partial charge in [-0.1, -0.05) is 65.7 Å². The van der Waals surface area contributed by atoms with Crippen LogP contribution >= 0.6 is 23.2 Å². The Morgan fingerprint density at radius 3 is 2.26 bits per heavy atom. The van der Waals surface area contributed by atoms with Gasteiger partial charge in [0.15, 0.2) is 11.5 Å². The fourth-order valence-corrected chi connectivity index (χ4v) is 7.09. The number of halogens is 3. The number of esters is 1. The summed E-state index contributed by atoms with van der Waals surface area (Å²) in [5, 5.41) is 0.707. The smallest absolute Gasteiger partial charge is 0.415 e. The van der Waals surface area contributed by atoms with Crippen molar-refractivity contribution in [2.24, 2.45) is 5.92 Å². The van der Waals surface area contributed by atoms with Gasteiger partial charge in [0.25, 0.3) is 0 Å². The average Bonchev–Trinajstić information content (AvgIpc) is 3.13. The van der Waals surface area contributed by atoms with Crippen molar-refractivity contribution in [2.75, 3.05) is 38.8 Å². The minimum Gasteiger partial charge on any atom is -0.493 e. The van der Waals surface area contributed by atoms with E-state index in [4.69, 9.17) is 42.1 Å². The van der Waals surface area contributed by atoms with E-state index in [2.05, 4.69) is 9.88 Å². The number of piperidine rings is 3. The lowest BCUT2D eigenvalue weighted by atomic mass is 9.86. The Bertz CT molecular complexity index is 1800. The van der Waals surface area contributed by atoms with Gasteiger partial charge in [0.1, 0.15) is 18.0 Å². The van der Waals surface area contributed by atoms with Crippen molar-refractivity contribution >= 4 is 41.0 Å². The summed E-state index contributed by atoms with van der Waals surface area (Å²) >= 11 is 12.9. The Morgan fingerprint density at radius 2 is 1.62 bits per heavy atom. The second-order valence-corrected chi connectivity index (χ2v) is 13.3. The third-order valence-corrected chi connectivity index (χ3v) is 9.97. The molecular weight excluding hydrogens is 684 g/mol. The van der Waals surface area contributed by atoms with E-state index in [0.29, 0.717) is 50.7 Å². The number of anilines is 1. The van der Waals surface area contributed by atoms with E-state index in [1.54, 1.807) is 67.8 Å². The van der Waals surface area contributed by atoms with Crippen LogP contribution in [0, 0.1) is 11.7 Å². The average molecular weight is 723 g/mol. The van der Waals surface area contributed by atoms with Gasteiger partial charge < -0.3 is 18.9 Å². The maximum absolute atomic E-state index is 15.0. The van der Waals surface area contributed by atoms with Gasteiger partial charge in [0, 0.05) is 25.4 Å². The number of aromatic nitrogens is 1. The van der Waals surface area contributed by atoms with Crippen molar-refractivity contribution in [3.8, 4) is 11.5 Å². The number of fused-ring (bicyclic) bond motifs is 3. The number of rotatable bonds is 12. The van der Waals surface area contributed by atoms with Gasteiger partial charge in [-0.25, -0.2) is 9.18 Å². The van der Waals surface area contributed by atoms with E-state index < -0.39 is 24.0 Å². The summed E-state index contributed by atoms with van der Waals surface area (Å²) < 4.78 is 37.9. The fourth-order valence-electron chi connectivity index (χ4n) is 6.57. The Hall–Kier alpha value is -4.38. The van der Waals surface area contributed by atoms with Crippen LogP contribution < -0.4 is 14.4 Å². The number of hydrogen-bond acceptors (Lipinski definition) is 8. The molecule has 0 spiro atoms. The third-order valence-electron chi connectivity index (χ3n) is 9.32. The molecule has 3 aliphatic rings. The lowest BCUT2D eigenvalue weighted by Crippen LogP contribution is -2.53. The number of pyridine rings is 1. The van der Waals surface area contributed by atoms with E-state index in [-0.39, 0.29) is 31.2 Å². The number of carbonyl (C=O) groups is 2. The molecule has 0 aliphatic carbocycles. The van der Waals surface area contributed by atoms with Crippen molar-refractivity contribution < 1.29 is 32.9 Å². The van der Waals surface area contributed by atoms with Crippen molar-refractivity contribution in [3.63, 3.8) is 0 Å². The maximum atomic E-state index is 15.0. The van der Waals surface area contributed by atoms with Gasteiger partial charge in [0.05, 0.1) is 42.9 Å². The van der Waals surface area contributed by atoms with Crippen LogP contribution in [0.15, 0.2) is 79.1 Å². The van der Waals surface area contributed by atoms with Crippen LogP contribution in [-0.4, -0.2) is 61.9 Å². The second-order valence-electron chi connectivity index (χ2n) is 12.5. The lowest BCUT2D eigenvalue weighted by molar-refractivity contribution is -0.148. The molecule has 0 unspecified atom stereocenters. The molecule has 4 aromatic rings. The van der Waals surface area contributed by atoms with Gasteiger partial charge >= 0.3 is 12.1 Å². The molecule has 3 fully saturated rings. The highest BCUT2D eigenvalue weighted by molar-refractivity contribution is 6.35. The third kappa shape index (κ3) is 8.31. The zero-order chi connectivity index (χ0) is 35.2. The Morgan fingerprint density at radius 1 is 0.940 bits per heavy atom. The summed E-state index contributed by atoms with van der Waals surface area (Å²) in [6, 6.07) is 18.6. The van der Waals surface area contributed by atoms with Crippen LogP contribution in [-0.2, 0) is 33.7 Å². The summed E-state index contributed by atoms with van der Waals surface area (Å²) in [5.41, 5.74) is 2.82. The quantitative estimate of drug-likeness (QED) is 0.137. The molecule has 0 saturated carbocycles. The lowest BCUT2D eigenvalue weighted by Gasteiger charge is -2.44. The number of nitrogens with zero attached hydrogens (tertiary/aromatic N) is 3. The number of ether oxygens (including phenoxy) is 4. The summed E-state index contributed by atoms with van der Waals surface area (Å²) in [5.74, 6) is 0.326. The second kappa shape index (κ2) is 16.1. The summed E-state index contributed by atoms with van der Waals surface area (Å²) in [6.07, 6.45) is 3.56. The Kier molecular flexibility index (Phi) is 11.4. The van der Waals surface area contributed by atoms with E-state index in [1.807, 2.05) is 0 Å². The van der Waals surface area contributed by atoms with Gasteiger partial charge in [-0.3, -0.25) is 19.6 Å². The van der Waals surface area contributed by atoms with Gasteiger partial charge in [-0.05, 0) is 78.4 Å². The molecule has 2 bridgehead atoms. The van der Waals surface area contributed by atoms with Gasteiger partial charge in [-0.15, -0.1) is 0 Å².